The molecule has 7 heteroatoms. The van der Waals surface area contributed by atoms with E-state index in [-0.39, 0.29) is 12.3 Å². The van der Waals surface area contributed by atoms with Crippen molar-refractivity contribution in [2.24, 2.45) is 7.05 Å². The molecule has 7 nitrogen and oxygen atoms in total. The Labute approximate surface area is 176 Å². The normalized spacial score (nSPS) is 11.6. The number of aromatic nitrogens is 2. The highest BCUT2D eigenvalue weighted by Crippen LogP contribution is 2.29. The Bertz CT molecular complexity index is 960. The van der Waals surface area contributed by atoms with E-state index in [1.54, 1.807) is 26.5 Å². The lowest BCUT2D eigenvalue weighted by Gasteiger charge is -2.20. The summed E-state index contributed by atoms with van der Waals surface area (Å²) >= 11 is 0. The number of hydrogen-bond acceptors (Lipinski definition) is 5. The van der Waals surface area contributed by atoms with Crippen LogP contribution in [-0.4, -0.2) is 36.3 Å². The molecule has 30 heavy (non-hydrogen) atoms. The summed E-state index contributed by atoms with van der Waals surface area (Å²) < 4.78 is 18.1. The molecule has 1 atom stereocenters. The summed E-state index contributed by atoms with van der Waals surface area (Å²) in [5.41, 5.74) is 1.72. The maximum Gasteiger partial charge on any atom is 0.225 e. The quantitative estimate of drug-likeness (QED) is 0.587. The number of ether oxygens (including phenoxy) is 3. The molecule has 0 bridgehead atoms. The summed E-state index contributed by atoms with van der Waals surface area (Å²) in [4.78, 5) is 17.3. The minimum atomic E-state index is -0.454. The molecule has 0 saturated heterocycles. The summed E-state index contributed by atoms with van der Waals surface area (Å²) in [5, 5.41) is 3.10. The smallest absolute Gasteiger partial charge is 0.225 e. The van der Waals surface area contributed by atoms with Gasteiger partial charge in [0.05, 0.1) is 27.2 Å². The lowest BCUT2D eigenvalue weighted by atomic mass is 10.0. The van der Waals surface area contributed by atoms with E-state index >= 15 is 0 Å². The number of nitrogens with zero attached hydrogens (tertiary/aromatic N) is 2. The molecule has 2 aromatic carbocycles. The number of methoxy groups -OCH3 is 2. The summed E-state index contributed by atoms with van der Waals surface area (Å²) in [6.45, 7) is 2.54. The fourth-order valence-electron chi connectivity index (χ4n) is 3.22. The second kappa shape index (κ2) is 9.82. The molecule has 0 saturated carbocycles. The van der Waals surface area contributed by atoms with Gasteiger partial charge in [0.15, 0.2) is 0 Å². The number of carbonyl (C=O) groups is 1. The zero-order valence-electron chi connectivity index (χ0n) is 17.7. The highest BCUT2D eigenvalue weighted by atomic mass is 16.5. The summed E-state index contributed by atoms with van der Waals surface area (Å²) in [6.07, 6.45) is 3.80. The molecule has 3 rings (SSSR count). The van der Waals surface area contributed by atoms with Crippen LogP contribution in [0.1, 0.15) is 29.9 Å². The molecule has 0 aliphatic rings. The number of benzene rings is 2. The van der Waals surface area contributed by atoms with Crippen LogP contribution in [0.3, 0.4) is 0 Å². The third kappa shape index (κ3) is 5.11. The van der Waals surface area contributed by atoms with Gasteiger partial charge in [-0.1, -0.05) is 12.1 Å². The first-order valence-corrected chi connectivity index (χ1v) is 9.75. The van der Waals surface area contributed by atoms with Gasteiger partial charge >= 0.3 is 0 Å². The molecule has 0 spiro atoms. The van der Waals surface area contributed by atoms with Crippen LogP contribution < -0.4 is 19.5 Å². The van der Waals surface area contributed by atoms with Crippen molar-refractivity contribution in [3.8, 4) is 17.2 Å². The van der Waals surface area contributed by atoms with Crippen LogP contribution in [0.2, 0.25) is 0 Å². The Morgan fingerprint density at radius 3 is 2.27 bits per heavy atom. The Hall–Kier alpha value is -3.48. The minimum absolute atomic E-state index is 0.117. The van der Waals surface area contributed by atoms with Crippen LogP contribution in [0.15, 0.2) is 54.9 Å². The van der Waals surface area contributed by atoms with Crippen molar-refractivity contribution in [3.63, 3.8) is 0 Å². The van der Waals surface area contributed by atoms with E-state index in [9.17, 15) is 4.79 Å². The molecule has 0 unspecified atom stereocenters. The van der Waals surface area contributed by atoms with E-state index in [4.69, 9.17) is 14.2 Å². The first-order chi connectivity index (χ1) is 14.5. The summed E-state index contributed by atoms with van der Waals surface area (Å²) in [7, 11) is 5.09. The van der Waals surface area contributed by atoms with Gasteiger partial charge in [0.25, 0.3) is 0 Å². The van der Waals surface area contributed by atoms with Gasteiger partial charge in [0.2, 0.25) is 5.91 Å². The Morgan fingerprint density at radius 1 is 1.07 bits per heavy atom. The van der Waals surface area contributed by atoms with Crippen molar-refractivity contribution in [2.75, 3.05) is 20.8 Å². The van der Waals surface area contributed by atoms with Crippen molar-refractivity contribution in [1.29, 1.82) is 0 Å². The molecular formula is C23H27N3O4. The molecule has 0 aliphatic heterocycles. The van der Waals surface area contributed by atoms with Gasteiger partial charge in [0.1, 0.15) is 29.1 Å². The molecule has 158 valence electrons. The molecule has 0 aliphatic carbocycles. The predicted octanol–water partition coefficient (Wildman–Crippen LogP) is 3.28. The van der Waals surface area contributed by atoms with Crippen molar-refractivity contribution in [2.45, 2.75) is 19.4 Å². The lowest BCUT2D eigenvalue weighted by molar-refractivity contribution is -0.121. The minimum Gasteiger partial charge on any atom is -0.497 e. The van der Waals surface area contributed by atoms with Gasteiger partial charge in [-0.3, -0.25) is 4.79 Å². The van der Waals surface area contributed by atoms with Gasteiger partial charge in [-0.15, -0.1) is 0 Å². The van der Waals surface area contributed by atoms with Gasteiger partial charge in [0, 0.05) is 25.5 Å². The zero-order valence-corrected chi connectivity index (χ0v) is 17.7. The fraction of sp³-hybridized carbons (Fsp3) is 0.304. The van der Waals surface area contributed by atoms with E-state index in [2.05, 4.69) is 10.3 Å². The molecule has 0 fully saturated rings. The maximum absolute atomic E-state index is 12.9. The van der Waals surface area contributed by atoms with Crippen molar-refractivity contribution < 1.29 is 19.0 Å². The van der Waals surface area contributed by atoms with Crippen LogP contribution in [0, 0.1) is 0 Å². The third-order valence-electron chi connectivity index (χ3n) is 4.73. The second-order valence-electron chi connectivity index (χ2n) is 6.80. The van der Waals surface area contributed by atoms with E-state index in [0.29, 0.717) is 23.9 Å². The topological polar surface area (TPSA) is 74.6 Å². The largest absolute Gasteiger partial charge is 0.497 e. The van der Waals surface area contributed by atoms with Gasteiger partial charge < -0.3 is 24.1 Å². The average molecular weight is 409 g/mol. The first kappa shape index (κ1) is 21.2. The van der Waals surface area contributed by atoms with Gasteiger partial charge in [-0.2, -0.15) is 0 Å². The van der Waals surface area contributed by atoms with E-state index < -0.39 is 6.04 Å². The molecule has 0 radical (unpaired) electrons. The molecule has 3 aromatic rings. The Kier molecular flexibility index (Phi) is 6.95. The van der Waals surface area contributed by atoms with Crippen LogP contribution in [-0.2, 0) is 18.3 Å². The Morgan fingerprint density at radius 2 is 1.73 bits per heavy atom. The lowest BCUT2D eigenvalue weighted by Crippen LogP contribution is -2.32. The maximum atomic E-state index is 12.9. The summed E-state index contributed by atoms with van der Waals surface area (Å²) in [5.74, 6) is 2.67. The SMILES string of the molecule is CCOc1ccc(CC(=O)N[C@@H](c2cc(OC)cc(OC)c2)c2nccn2C)cc1. The molecule has 1 N–H and O–H groups in total. The number of amides is 1. The fourth-order valence-corrected chi connectivity index (χ4v) is 3.22. The van der Waals surface area contributed by atoms with Crippen LogP contribution in [0.4, 0.5) is 0 Å². The third-order valence-corrected chi connectivity index (χ3v) is 4.73. The monoisotopic (exact) mass is 409 g/mol. The number of imidazole rings is 1. The number of nitrogens with one attached hydrogen (secondary N) is 1. The van der Waals surface area contributed by atoms with Crippen LogP contribution in [0.25, 0.3) is 0 Å². The van der Waals surface area contributed by atoms with Crippen LogP contribution in [0.5, 0.6) is 17.2 Å². The number of rotatable bonds is 9. The number of hydrogen-bond donors (Lipinski definition) is 1. The molecule has 1 aromatic heterocycles. The number of carbonyl (C=O) groups excluding carboxylic acids is 1. The van der Waals surface area contributed by atoms with E-state index in [1.807, 2.05) is 61.1 Å². The van der Waals surface area contributed by atoms with Crippen LogP contribution >= 0.6 is 0 Å². The highest BCUT2D eigenvalue weighted by Gasteiger charge is 2.22. The van der Waals surface area contributed by atoms with Gasteiger partial charge in [-0.05, 0) is 42.3 Å². The second-order valence-corrected chi connectivity index (χ2v) is 6.80. The Balaban J connectivity index is 1.85. The van der Waals surface area contributed by atoms with Crippen molar-refractivity contribution in [3.05, 3.63) is 71.8 Å². The summed E-state index contributed by atoms with van der Waals surface area (Å²) in [6, 6.07) is 12.6. The number of aryl methyl sites for hydroxylation is 1. The standard InChI is InChI=1S/C23H27N3O4/c1-5-30-18-8-6-16(7-9-18)12-21(27)25-22(23-24-10-11-26(23)2)17-13-19(28-3)15-20(14-17)29-4/h6-11,13-15,22H,5,12H2,1-4H3,(H,25,27)/t22-/m0/s1. The van der Waals surface area contributed by atoms with E-state index in [0.717, 1.165) is 16.9 Å². The van der Waals surface area contributed by atoms with Crippen molar-refractivity contribution >= 4 is 5.91 Å². The molecule has 1 heterocycles. The first-order valence-electron chi connectivity index (χ1n) is 9.75. The van der Waals surface area contributed by atoms with Gasteiger partial charge in [-0.25, -0.2) is 4.98 Å². The van der Waals surface area contributed by atoms with E-state index in [1.165, 1.54) is 0 Å². The molecule has 1 amide bonds. The molecular weight excluding hydrogens is 382 g/mol. The zero-order chi connectivity index (χ0) is 21.5. The predicted molar refractivity (Wildman–Crippen MR) is 114 cm³/mol. The van der Waals surface area contributed by atoms with Crippen molar-refractivity contribution in [1.82, 2.24) is 14.9 Å². The average Bonchev–Trinajstić information content (AvgIpc) is 3.18. The highest BCUT2D eigenvalue weighted by molar-refractivity contribution is 5.79.